The minimum Gasteiger partial charge on any atom is -0.382 e. The van der Waals surface area contributed by atoms with Gasteiger partial charge in [-0.25, -0.2) is 9.97 Å². The Morgan fingerprint density at radius 1 is 1.24 bits per heavy atom. The molecule has 0 radical (unpaired) electrons. The van der Waals surface area contributed by atoms with Gasteiger partial charge in [-0.2, -0.15) is 0 Å². The Morgan fingerprint density at radius 3 is 2.94 bits per heavy atom. The van der Waals surface area contributed by atoms with Crippen LogP contribution in [0.15, 0.2) is 24.7 Å². The van der Waals surface area contributed by atoms with Gasteiger partial charge in [-0.3, -0.25) is 4.98 Å². The molecule has 0 bridgehead atoms. The Balaban J connectivity index is 2.47. The number of pyridine rings is 2. The molecule has 6 heteroatoms. The van der Waals surface area contributed by atoms with Crippen molar-refractivity contribution in [1.82, 2.24) is 19.5 Å². The summed E-state index contributed by atoms with van der Waals surface area (Å²) in [5, 5.41) is 0. The quantitative estimate of drug-likeness (QED) is 0.666. The van der Waals surface area contributed by atoms with Crippen LogP contribution in [0.5, 0.6) is 0 Å². The van der Waals surface area contributed by atoms with E-state index in [2.05, 4.69) is 15.0 Å². The molecule has 3 rings (SSSR count). The Kier molecular flexibility index (Phi) is 2.15. The van der Waals surface area contributed by atoms with Crippen LogP contribution in [0.25, 0.3) is 22.1 Å². The molecular weight excluding hydrogens is 216 g/mol. The highest BCUT2D eigenvalue weighted by atomic mass is 15.1. The van der Waals surface area contributed by atoms with E-state index in [0.717, 1.165) is 16.6 Å². The maximum atomic E-state index is 5.89. The molecule has 0 saturated carbocycles. The first kappa shape index (κ1) is 9.98. The van der Waals surface area contributed by atoms with E-state index in [9.17, 15) is 0 Å². The monoisotopic (exact) mass is 228 g/mol. The molecule has 0 unspecified atom stereocenters. The molecule has 3 heterocycles. The van der Waals surface area contributed by atoms with Gasteiger partial charge >= 0.3 is 0 Å². The summed E-state index contributed by atoms with van der Waals surface area (Å²) in [6.45, 7) is 1.23. The van der Waals surface area contributed by atoms with Gasteiger partial charge in [0, 0.05) is 19.3 Å². The number of hydrogen-bond acceptors (Lipinski definition) is 5. The molecule has 0 aromatic carbocycles. The molecule has 0 saturated heterocycles. The number of hydrogen-bond donors (Lipinski definition) is 2. The average molecular weight is 228 g/mol. The minimum absolute atomic E-state index is 0.427. The van der Waals surface area contributed by atoms with Crippen LogP contribution in [0, 0.1) is 0 Å². The van der Waals surface area contributed by atoms with Crippen LogP contribution in [0.4, 0.5) is 5.82 Å². The van der Waals surface area contributed by atoms with Crippen LogP contribution >= 0.6 is 0 Å². The fraction of sp³-hybridized carbons (Fsp3) is 0.182. The third-order valence-corrected chi connectivity index (χ3v) is 2.70. The zero-order chi connectivity index (χ0) is 11.8. The second-order valence-electron chi connectivity index (χ2n) is 3.79. The molecular formula is C11H12N6. The van der Waals surface area contributed by atoms with E-state index in [4.69, 9.17) is 11.5 Å². The van der Waals surface area contributed by atoms with Gasteiger partial charge in [0.05, 0.1) is 11.8 Å². The lowest BCUT2D eigenvalue weighted by atomic mass is 10.2. The predicted molar refractivity (Wildman–Crippen MR) is 66.3 cm³/mol. The first-order chi connectivity index (χ1) is 8.31. The van der Waals surface area contributed by atoms with Crippen LogP contribution in [-0.4, -0.2) is 26.1 Å². The zero-order valence-electron chi connectivity index (χ0n) is 9.17. The van der Waals surface area contributed by atoms with E-state index < -0.39 is 0 Å². The summed E-state index contributed by atoms with van der Waals surface area (Å²) in [6.07, 6.45) is 3.46. The van der Waals surface area contributed by atoms with Crippen molar-refractivity contribution in [2.75, 3.05) is 12.3 Å². The Hall–Kier alpha value is -2.21. The molecule has 0 fully saturated rings. The molecule has 17 heavy (non-hydrogen) atoms. The summed E-state index contributed by atoms with van der Waals surface area (Å²) >= 11 is 0. The smallest absolute Gasteiger partial charge is 0.152 e. The third kappa shape index (κ3) is 1.42. The molecule has 0 amide bonds. The second-order valence-corrected chi connectivity index (χ2v) is 3.79. The first-order valence-electron chi connectivity index (χ1n) is 5.36. The van der Waals surface area contributed by atoms with Crippen molar-refractivity contribution in [3.8, 4) is 0 Å². The molecule has 0 atom stereocenters. The van der Waals surface area contributed by atoms with Crippen molar-refractivity contribution < 1.29 is 0 Å². The Labute approximate surface area is 97.3 Å². The number of nitrogens with two attached hydrogens (primary N) is 2. The summed E-state index contributed by atoms with van der Waals surface area (Å²) in [4.78, 5) is 12.9. The van der Waals surface area contributed by atoms with E-state index in [0.29, 0.717) is 24.4 Å². The normalized spacial score (nSPS) is 11.4. The maximum absolute atomic E-state index is 5.89. The largest absolute Gasteiger partial charge is 0.382 e. The zero-order valence-corrected chi connectivity index (χ0v) is 9.17. The van der Waals surface area contributed by atoms with Crippen LogP contribution < -0.4 is 11.5 Å². The lowest BCUT2D eigenvalue weighted by molar-refractivity contribution is 0.729. The van der Waals surface area contributed by atoms with Crippen LogP contribution in [0.2, 0.25) is 0 Å². The number of fused-ring (bicyclic) bond motifs is 3. The summed E-state index contributed by atoms with van der Waals surface area (Å²) in [7, 11) is 0. The highest BCUT2D eigenvalue weighted by Gasteiger charge is 2.12. The van der Waals surface area contributed by atoms with Crippen LogP contribution in [0.1, 0.15) is 0 Å². The summed E-state index contributed by atoms with van der Waals surface area (Å²) in [5.41, 5.74) is 14.6. The van der Waals surface area contributed by atoms with Crippen molar-refractivity contribution in [3.05, 3.63) is 24.7 Å². The average Bonchev–Trinajstić information content (AvgIpc) is 2.75. The number of nitrogen functional groups attached to an aromatic ring is 1. The molecule has 4 N–H and O–H groups in total. The summed E-state index contributed by atoms with van der Waals surface area (Å²) in [5.74, 6) is 0.427. The number of rotatable bonds is 2. The van der Waals surface area contributed by atoms with Gasteiger partial charge in [-0.05, 0) is 12.1 Å². The topological polar surface area (TPSA) is 95.6 Å². The lowest BCUT2D eigenvalue weighted by Crippen LogP contribution is -2.09. The van der Waals surface area contributed by atoms with Gasteiger partial charge in [0.15, 0.2) is 5.82 Å². The first-order valence-corrected chi connectivity index (χ1v) is 5.36. The number of aromatic nitrogens is 4. The molecule has 0 aliphatic rings. The standard InChI is InChI=1S/C11H12N6/c12-3-5-17-6-15-9-10(17)8-7(16-11(9)13)2-1-4-14-8/h1-2,4,6H,3,5,12H2,(H2,13,16). The number of imidazole rings is 1. The van der Waals surface area contributed by atoms with Crippen LogP contribution in [-0.2, 0) is 6.54 Å². The molecule has 0 aliphatic carbocycles. The van der Waals surface area contributed by atoms with Gasteiger partial charge in [0.1, 0.15) is 16.6 Å². The van der Waals surface area contributed by atoms with Gasteiger partial charge in [0.25, 0.3) is 0 Å². The third-order valence-electron chi connectivity index (χ3n) is 2.70. The van der Waals surface area contributed by atoms with Crippen molar-refractivity contribution in [2.24, 2.45) is 5.73 Å². The van der Waals surface area contributed by atoms with Crippen LogP contribution in [0.3, 0.4) is 0 Å². The van der Waals surface area contributed by atoms with E-state index in [1.165, 1.54) is 0 Å². The van der Waals surface area contributed by atoms with Crippen molar-refractivity contribution in [3.63, 3.8) is 0 Å². The highest BCUT2D eigenvalue weighted by Crippen LogP contribution is 2.24. The second kappa shape index (κ2) is 3.67. The van der Waals surface area contributed by atoms with Crippen molar-refractivity contribution in [1.29, 1.82) is 0 Å². The SMILES string of the molecule is NCCn1cnc2c(N)nc3cccnc3c21. The van der Waals surface area contributed by atoms with Crippen molar-refractivity contribution in [2.45, 2.75) is 6.54 Å². The van der Waals surface area contributed by atoms with Gasteiger partial charge < -0.3 is 16.0 Å². The number of anilines is 1. The molecule has 86 valence electrons. The predicted octanol–water partition coefficient (Wildman–Crippen LogP) is 0.520. The summed E-state index contributed by atoms with van der Waals surface area (Å²) < 4.78 is 1.96. The van der Waals surface area contributed by atoms with E-state index in [1.54, 1.807) is 12.5 Å². The minimum atomic E-state index is 0.427. The van der Waals surface area contributed by atoms with Gasteiger partial charge in [-0.15, -0.1) is 0 Å². The fourth-order valence-electron chi connectivity index (χ4n) is 1.98. The molecule has 3 aromatic heterocycles. The van der Waals surface area contributed by atoms with Gasteiger partial charge in [-0.1, -0.05) is 0 Å². The molecule has 0 aliphatic heterocycles. The Morgan fingerprint density at radius 2 is 2.12 bits per heavy atom. The maximum Gasteiger partial charge on any atom is 0.152 e. The summed E-state index contributed by atoms with van der Waals surface area (Å²) in [6, 6.07) is 3.72. The Bertz CT molecular complexity index is 687. The van der Waals surface area contributed by atoms with E-state index in [-0.39, 0.29) is 0 Å². The molecule has 0 spiro atoms. The van der Waals surface area contributed by atoms with Gasteiger partial charge in [0.2, 0.25) is 0 Å². The lowest BCUT2D eigenvalue weighted by Gasteiger charge is -2.05. The molecule has 6 nitrogen and oxygen atoms in total. The van der Waals surface area contributed by atoms with Crippen molar-refractivity contribution >= 4 is 27.9 Å². The highest BCUT2D eigenvalue weighted by molar-refractivity contribution is 6.03. The fourth-order valence-corrected chi connectivity index (χ4v) is 1.98. The van der Waals surface area contributed by atoms with E-state index >= 15 is 0 Å². The number of nitrogens with zero attached hydrogens (tertiary/aromatic N) is 4. The van der Waals surface area contributed by atoms with E-state index in [1.807, 2.05) is 16.7 Å². The molecule has 3 aromatic rings.